The topological polar surface area (TPSA) is 17.1 Å². The Labute approximate surface area is 71.0 Å². The normalized spacial score (nSPS) is 13.0. The van der Waals surface area contributed by atoms with E-state index >= 15 is 0 Å². The van der Waals surface area contributed by atoms with Gasteiger partial charge in [-0.2, -0.15) is 0 Å². The molecule has 10 heavy (non-hydrogen) atoms. The second kappa shape index (κ2) is 3.30. The van der Waals surface area contributed by atoms with E-state index in [4.69, 9.17) is 0 Å². The van der Waals surface area contributed by atoms with Gasteiger partial charge < -0.3 is 0 Å². The molecule has 1 aromatic carbocycles. The van der Waals surface area contributed by atoms with Crippen LogP contribution in [-0.4, -0.2) is 10.5 Å². The molecule has 0 unspecified atom stereocenters. The molecule has 54 valence electrons. The van der Waals surface area contributed by atoms with Crippen LogP contribution in [0.4, 0.5) is 0 Å². The van der Waals surface area contributed by atoms with Crippen molar-refractivity contribution in [1.82, 2.24) is 0 Å². The molecular weight excluding hydrogens is 212 g/mol. The number of rotatable bonds is 1. The highest BCUT2D eigenvalue weighted by molar-refractivity contribution is 9.10. The van der Waals surface area contributed by atoms with Gasteiger partial charge in [-0.15, -0.1) is 0 Å². The van der Waals surface area contributed by atoms with Crippen LogP contribution < -0.4 is 0 Å². The highest BCUT2D eigenvalue weighted by Gasteiger charge is 1.99. The van der Waals surface area contributed by atoms with Crippen molar-refractivity contribution in [2.45, 2.75) is 4.90 Å². The van der Waals surface area contributed by atoms with E-state index in [9.17, 15) is 4.21 Å². The summed E-state index contributed by atoms with van der Waals surface area (Å²) in [5.74, 6) is 0. The van der Waals surface area contributed by atoms with Crippen LogP contribution in [0, 0.1) is 0 Å². The molecule has 0 radical (unpaired) electrons. The summed E-state index contributed by atoms with van der Waals surface area (Å²) in [5, 5.41) is 0. The Morgan fingerprint density at radius 3 is 2.40 bits per heavy atom. The minimum atomic E-state index is -0.887. The van der Waals surface area contributed by atoms with Gasteiger partial charge in [0.25, 0.3) is 0 Å². The van der Waals surface area contributed by atoms with E-state index in [-0.39, 0.29) is 0 Å². The van der Waals surface area contributed by atoms with Crippen LogP contribution in [0.1, 0.15) is 0 Å². The highest BCUT2D eigenvalue weighted by Crippen LogP contribution is 2.18. The van der Waals surface area contributed by atoms with Gasteiger partial charge in [-0.05, 0) is 28.1 Å². The molecule has 0 heterocycles. The van der Waals surface area contributed by atoms with E-state index in [1.54, 1.807) is 6.26 Å². The molecule has 1 atom stereocenters. The quantitative estimate of drug-likeness (QED) is 0.707. The average Bonchev–Trinajstić information content (AvgIpc) is 1.88. The van der Waals surface area contributed by atoms with E-state index in [1.165, 1.54) is 0 Å². The van der Waals surface area contributed by atoms with Gasteiger partial charge in [-0.3, -0.25) is 4.21 Å². The first kappa shape index (κ1) is 7.95. The molecule has 3 heteroatoms. The summed E-state index contributed by atoms with van der Waals surface area (Å²) in [4.78, 5) is 0.850. The monoisotopic (exact) mass is 218 g/mol. The molecule has 0 aliphatic heterocycles. The van der Waals surface area contributed by atoms with Crippen LogP contribution >= 0.6 is 15.9 Å². The standard InChI is InChI=1S/C7H7BrOS/c1-10(9)7-5-3-2-4-6(7)8/h2-5H,1H3/t10-/m1/s1. The fourth-order valence-corrected chi connectivity index (χ4v) is 2.26. The van der Waals surface area contributed by atoms with Crippen molar-refractivity contribution in [3.63, 3.8) is 0 Å². The van der Waals surface area contributed by atoms with Gasteiger partial charge in [-0.25, -0.2) is 0 Å². The molecule has 1 nitrogen and oxygen atoms in total. The van der Waals surface area contributed by atoms with Crippen molar-refractivity contribution in [3.8, 4) is 0 Å². The lowest BCUT2D eigenvalue weighted by Gasteiger charge is -1.96. The van der Waals surface area contributed by atoms with E-state index < -0.39 is 10.8 Å². The molecule has 0 fully saturated rings. The molecule has 1 rings (SSSR count). The van der Waals surface area contributed by atoms with E-state index in [0.717, 1.165) is 9.37 Å². The molecule has 0 saturated heterocycles. The van der Waals surface area contributed by atoms with Crippen molar-refractivity contribution in [1.29, 1.82) is 0 Å². The first-order chi connectivity index (χ1) is 4.72. The molecule has 0 aliphatic rings. The van der Waals surface area contributed by atoms with Gasteiger partial charge in [0.15, 0.2) is 0 Å². The van der Waals surface area contributed by atoms with E-state index in [1.807, 2.05) is 24.3 Å². The molecule has 1 aromatic rings. The smallest absolute Gasteiger partial charge is 0.0527 e. The van der Waals surface area contributed by atoms with Crippen LogP contribution in [0.25, 0.3) is 0 Å². The fourth-order valence-electron chi connectivity index (χ4n) is 0.678. The van der Waals surface area contributed by atoms with Crippen molar-refractivity contribution >= 4 is 26.7 Å². The zero-order valence-corrected chi connectivity index (χ0v) is 7.91. The summed E-state index contributed by atoms with van der Waals surface area (Å²) >= 11 is 3.30. The second-order valence-electron chi connectivity index (χ2n) is 1.88. The maximum absolute atomic E-state index is 10.9. The third-order valence-electron chi connectivity index (χ3n) is 1.15. The fraction of sp³-hybridized carbons (Fsp3) is 0.143. The summed E-state index contributed by atoms with van der Waals surface area (Å²) in [5.41, 5.74) is 0. The number of hydrogen-bond acceptors (Lipinski definition) is 1. The largest absolute Gasteiger partial charge is 0.255 e. The number of hydrogen-bond donors (Lipinski definition) is 0. The van der Waals surface area contributed by atoms with Crippen molar-refractivity contribution in [2.24, 2.45) is 0 Å². The predicted octanol–water partition coefficient (Wildman–Crippen LogP) is 2.19. The summed E-state index contributed by atoms with van der Waals surface area (Å²) in [6.45, 7) is 0. The lowest BCUT2D eigenvalue weighted by atomic mass is 10.4. The number of halogens is 1. The third-order valence-corrected chi connectivity index (χ3v) is 3.08. The van der Waals surface area contributed by atoms with Crippen LogP contribution in [0.3, 0.4) is 0 Å². The summed E-state index contributed by atoms with van der Waals surface area (Å²) in [7, 11) is -0.887. The molecule has 0 aromatic heterocycles. The van der Waals surface area contributed by atoms with Gasteiger partial charge >= 0.3 is 0 Å². The zero-order chi connectivity index (χ0) is 7.56. The first-order valence-corrected chi connectivity index (χ1v) is 5.15. The van der Waals surface area contributed by atoms with Crippen molar-refractivity contribution < 1.29 is 4.21 Å². The van der Waals surface area contributed by atoms with E-state index in [0.29, 0.717) is 0 Å². The van der Waals surface area contributed by atoms with Crippen LogP contribution in [0.15, 0.2) is 33.6 Å². The molecule has 0 N–H and O–H groups in total. The third kappa shape index (κ3) is 1.67. The SMILES string of the molecule is C[S@@](=O)c1ccccc1Br. The number of benzene rings is 1. The molecule has 0 spiro atoms. The van der Waals surface area contributed by atoms with Gasteiger partial charge in [0.05, 0.1) is 15.7 Å². The molecule has 0 bridgehead atoms. The minimum absolute atomic E-state index is 0.850. The Balaban J connectivity index is 3.15. The maximum Gasteiger partial charge on any atom is 0.0527 e. The van der Waals surface area contributed by atoms with E-state index in [2.05, 4.69) is 15.9 Å². The average molecular weight is 219 g/mol. The van der Waals surface area contributed by atoms with Crippen LogP contribution in [-0.2, 0) is 10.8 Å². The Morgan fingerprint density at radius 1 is 1.40 bits per heavy atom. The predicted molar refractivity (Wildman–Crippen MR) is 46.5 cm³/mol. The van der Waals surface area contributed by atoms with Gasteiger partial charge in [0, 0.05) is 10.7 Å². The van der Waals surface area contributed by atoms with Crippen molar-refractivity contribution in [2.75, 3.05) is 6.26 Å². The lowest BCUT2D eigenvalue weighted by molar-refractivity contribution is 0.686. The van der Waals surface area contributed by atoms with Crippen LogP contribution in [0.5, 0.6) is 0 Å². The molecular formula is C7H7BrOS. The molecule has 0 amide bonds. The maximum atomic E-state index is 10.9. The summed E-state index contributed by atoms with van der Waals surface area (Å²) in [6, 6.07) is 7.51. The Kier molecular flexibility index (Phi) is 2.63. The Hall–Kier alpha value is -0.150. The lowest BCUT2D eigenvalue weighted by Crippen LogP contribution is -1.86. The Morgan fingerprint density at radius 2 is 2.00 bits per heavy atom. The molecule has 0 saturated carbocycles. The Bertz CT molecular complexity index is 260. The summed E-state index contributed by atoms with van der Waals surface area (Å²) < 4.78 is 11.9. The zero-order valence-electron chi connectivity index (χ0n) is 5.50. The van der Waals surface area contributed by atoms with Gasteiger partial charge in [0.1, 0.15) is 0 Å². The van der Waals surface area contributed by atoms with Crippen molar-refractivity contribution in [3.05, 3.63) is 28.7 Å². The van der Waals surface area contributed by atoms with Crippen LogP contribution in [0.2, 0.25) is 0 Å². The van der Waals surface area contributed by atoms with Gasteiger partial charge in [0.2, 0.25) is 0 Å². The summed E-state index contributed by atoms with van der Waals surface area (Å²) in [6.07, 6.45) is 1.67. The second-order valence-corrected chi connectivity index (χ2v) is 4.09. The highest BCUT2D eigenvalue weighted by atomic mass is 79.9. The minimum Gasteiger partial charge on any atom is -0.255 e. The van der Waals surface area contributed by atoms with Gasteiger partial charge in [-0.1, -0.05) is 12.1 Å². The first-order valence-electron chi connectivity index (χ1n) is 2.80. The molecule has 0 aliphatic carbocycles.